The summed E-state index contributed by atoms with van der Waals surface area (Å²) in [5.74, 6) is 0.375. The first-order valence-electron chi connectivity index (χ1n) is 8.33. The molecular weight excluding hydrogens is 443 g/mol. The van der Waals surface area contributed by atoms with E-state index in [4.69, 9.17) is 0 Å². The normalized spacial score (nSPS) is 10.6. The van der Waals surface area contributed by atoms with E-state index in [1.807, 2.05) is 37.3 Å². The maximum atomic E-state index is 12.0. The Hall–Kier alpha value is -2.29. The lowest BCUT2D eigenvalue weighted by molar-refractivity contribution is 0.0951. The van der Waals surface area contributed by atoms with Crippen molar-refractivity contribution in [3.63, 3.8) is 0 Å². The lowest BCUT2D eigenvalue weighted by Gasteiger charge is -2.12. The number of aliphatic imine (C=N–C) groups is 1. The summed E-state index contributed by atoms with van der Waals surface area (Å²) in [7, 11) is 0. The highest BCUT2D eigenvalue weighted by molar-refractivity contribution is 14.0. The van der Waals surface area contributed by atoms with Crippen molar-refractivity contribution in [3.8, 4) is 5.75 Å². The summed E-state index contributed by atoms with van der Waals surface area (Å²) in [5.41, 5.74) is 1.40. The summed E-state index contributed by atoms with van der Waals surface area (Å²) >= 11 is 0. The quantitative estimate of drug-likeness (QED) is 0.218. The molecule has 7 heteroatoms. The van der Waals surface area contributed by atoms with Crippen LogP contribution >= 0.6 is 24.0 Å². The van der Waals surface area contributed by atoms with E-state index in [0.29, 0.717) is 25.6 Å². The van der Waals surface area contributed by atoms with Crippen LogP contribution in [0.2, 0.25) is 0 Å². The predicted molar refractivity (Wildman–Crippen MR) is 115 cm³/mol. The molecule has 0 fully saturated rings. The van der Waals surface area contributed by atoms with Crippen molar-refractivity contribution < 1.29 is 9.90 Å². The van der Waals surface area contributed by atoms with E-state index >= 15 is 0 Å². The zero-order valence-electron chi connectivity index (χ0n) is 14.7. The number of carbonyl (C=O) groups excluding carboxylic acids is 1. The third-order valence-corrected chi connectivity index (χ3v) is 3.46. The number of phenolic OH excluding ortho intramolecular Hbond substituents is 1. The van der Waals surface area contributed by atoms with E-state index in [0.717, 1.165) is 12.1 Å². The largest absolute Gasteiger partial charge is 0.507 e. The van der Waals surface area contributed by atoms with E-state index in [-0.39, 0.29) is 41.2 Å². The maximum Gasteiger partial charge on any atom is 0.255 e. The van der Waals surface area contributed by atoms with Gasteiger partial charge in [0.15, 0.2) is 5.96 Å². The lowest BCUT2D eigenvalue weighted by atomic mass is 10.2. The van der Waals surface area contributed by atoms with Crippen LogP contribution < -0.4 is 16.0 Å². The molecule has 0 atom stereocenters. The van der Waals surface area contributed by atoms with Crippen LogP contribution in [-0.4, -0.2) is 36.6 Å². The van der Waals surface area contributed by atoms with Crippen molar-refractivity contribution in [3.05, 3.63) is 65.7 Å². The molecule has 6 nitrogen and oxygen atoms in total. The Kier molecular flexibility index (Phi) is 10.1. The van der Waals surface area contributed by atoms with Gasteiger partial charge in [-0.15, -0.1) is 24.0 Å². The number of hydrogen-bond donors (Lipinski definition) is 4. The Labute approximate surface area is 171 Å². The van der Waals surface area contributed by atoms with E-state index < -0.39 is 0 Å². The molecule has 0 spiro atoms. The number of para-hydroxylation sites is 1. The van der Waals surface area contributed by atoms with Gasteiger partial charge in [-0.3, -0.25) is 4.79 Å². The van der Waals surface area contributed by atoms with Gasteiger partial charge < -0.3 is 21.1 Å². The van der Waals surface area contributed by atoms with E-state index in [9.17, 15) is 9.90 Å². The molecule has 2 rings (SSSR count). The van der Waals surface area contributed by atoms with Crippen molar-refractivity contribution in [2.75, 3.05) is 19.6 Å². The Morgan fingerprint density at radius 2 is 1.62 bits per heavy atom. The zero-order valence-corrected chi connectivity index (χ0v) is 17.1. The molecule has 26 heavy (non-hydrogen) atoms. The maximum absolute atomic E-state index is 12.0. The molecule has 0 aromatic heterocycles. The minimum atomic E-state index is -0.300. The Bertz CT molecular complexity index is 708. The van der Waals surface area contributed by atoms with Crippen molar-refractivity contribution in [2.45, 2.75) is 13.5 Å². The van der Waals surface area contributed by atoms with Gasteiger partial charge in [0, 0.05) is 19.6 Å². The fourth-order valence-electron chi connectivity index (χ4n) is 2.21. The number of halogens is 1. The third kappa shape index (κ3) is 7.30. The number of aromatic hydroxyl groups is 1. The van der Waals surface area contributed by atoms with Gasteiger partial charge in [-0.1, -0.05) is 42.5 Å². The van der Waals surface area contributed by atoms with Gasteiger partial charge in [0.2, 0.25) is 0 Å². The molecule has 0 radical (unpaired) electrons. The Morgan fingerprint density at radius 3 is 2.31 bits per heavy atom. The minimum absolute atomic E-state index is 0. The van der Waals surface area contributed by atoms with Crippen LogP contribution in [0.3, 0.4) is 0 Å². The summed E-state index contributed by atoms with van der Waals surface area (Å²) in [5, 5.41) is 18.8. The fourth-order valence-corrected chi connectivity index (χ4v) is 2.21. The summed E-state index contributed by atoms with van der Waals surface area (Å²) in [6.45, 7) is 4.29. The number of nitrogens with one attached hydrogen (secondary N) is 3. The third-order valence-electron chi connectivity index (χ3n) is 3.46. The monoisotopic (exact) mass is 468 g/mol. The van der Waals surface area contributed by atoms with E-state index in [1.54, 1.807) is 18.2 Å². The highest BCUT2D eigenvalue weighted by atomic mass is 127. The first-order chi connectivity index (χ1) is 12.2. The van der Waals surface area contributed by atoms with Crippen LogP contribution in [0.15, 0.2) is 59.6 Å². The number of guanidine groups is 1. The SMILES string of the molecule is CCNC(=NCc1ccccc1)NCCNC(=O)c1ccccc1O.I. The second-order valence-corrected chi connectivity index (χ2v) is 5.38. The van der Waals surface area contributed by atoms with Crippen molar-refractivity contribution in [2.24, 2.45) is 4.99 Å². The van der Waals surface area contributed by atoms with Gasteiger partial charge >= 0.3 is 0 Å². The average Bonchev–Trinajstić information content (AvgIpc) is 2.64. The van der Waals surface area contributed by atoms with Gasteiger partial charge in [0.25, 0.3) is 5.91 Å². The molecule has 0 aliphatic carbocycles. The second kappa shape index (κ2) is 12.1. The zero-order chi connectivity index (χ0) is 17.9. The molecule has 140 valence electrons. The molecule has 0 heterocycles. The Balaban J connectivity index is 0.00000338. The summed E-state index contributed by atoms with van der Waals surface area (Å²) in [6, 6.07) is 16.5. The van der Waals surface area contributed by atoms with Gasteiger partial charge in [-0.2, -0.15) is 0 Å². The first kappa shape index (κ1) is 21.8. The minimum Gasteiger partial charge on any atom is -0.507 e. The average molecular weight is 468 g/mol. The summed E-state index contributed by atoms with van der Waals surface area (Å²) < 4.78 is 0. The number of benzene rings is 2. The van der Waals surface area contributed by atoms with Crippen molar-refractivity contribution >= 4 is 35.8 Å². The molecular formula is C19H25IN4O2. The van der Waals surface area contributed by atoms with Crippen LogP contribution in [0, 0.1) is 0 Å². The first-order valence-corrected chi connectivity index (χ1v) is 8.33. The molecule has 0 aliphatic heterocycles. The second-order valence-electron chi connectivity index (χ2n) is 5.38. The highest BCUT2D eigenvalue weighted by Gasteiger charge is 2.09. The topological polar surface area (TPSA) is 85.8 Å². The van der Waals surface area contributed by atoms with Crippen LogP contribution in [0.5, 0.6) is 5.75 Å². The lowest BCUT2D eigenvalue weighted by Crippen LogP contribution is -2.41. The van der Waals surface area contributed by atoms with Crippen LogP contribution in [0.4, 0.5) is 0 Å². The molecule has 4 N–H and O–H groups in total. The number of phenols is 1. The van der Waals surface area contributed by atoms with Crippen molar-refractivity contribution in [1.29, 1.82) is 0 Å². The molecule has 0 saturated heterocycles. The molecule has 1 amide bonds. The van der Waals surface area contributed by atoms with Gasteiger partial charge in [-0.25, -0.2) is 4.99 Å². The molecule has 0 saturated carbocycles. The highest BCUT2D eigenvalue weighted by Crippen LogP contribution is 2.14. The summed E-state index contributed by atoms with van der Waals surface area (Å²) in [4.78, 5) is 16.5. The van der Waals surface area contributed by atoms with E-state index in [1.165, 1.54) is 6.07 Å². The van der Waals surface area contributed by atoms with E-state index in [2.05, 4.69) is 20.9 Å². The van der Waals surface area contributed by atoms with Crippen LogP contribution in [0.25, 0.3) is 0 Å². The number of carbonyl (C=O) groups is 1. The smallest absolute Gasteiger partial charge is 0.255 e. The standard InChI is InChI=1S/C19H24N4O2.HI/c1-2-20-19(23-14-15-8-4-3-5-9-15)22-13-12-21-18(25)16-10-6-7-11-17(16)24;/h3-11,24H,2,12-14H2,1H3,(H,21,25)(H2,20,22,23);1H. The predicted octanol–water partition coefficient (Wildman–Crippen LogP) is 2.50. The number of hydrogen-bond acceptors (Lipinski definition) is 3. The summed E-state index contributed by atoms with van der Waals surface area (Å²) in [6.07, 6.45) is 0. The van der Waals surface area contributed by atoms with Gasteiger partial charge in [0.05, 0.1) is 12.1 Å². The molecule has 0 unspecified atom stereocenters. The number of nitrogens with zero attached hydrogens (tertiary/aromatic N) is 1. The Morgan fingerprint density at radius 1 is 0.962 bits per heavy atom. The molecule has 0 aliphatic rings. The molecule has 2 aromatic carbocycles. The number of amides is 1. The van der Waals surface area contributed by atoms with Crippen LogP contribution in [0.1, 0.15) is 22.8 Å². The number of rotatable bonds is 7. The van der Waals surface area contributed by atoms with Gasteiger partial charge in [0.1, 0.15) is 5.75 Å². The van der Waals surface area contributed by atoms with Crippen LogP contribution in [-0.2, 0) is 6.54 Å². The van der Waals surface area contributed by atoms with Crippen molar-refractivity contribution in [1.82, 2.24) is 16.0 Å². The molecule has 2 aromatic rings. The van der Waals surface area contributed by atoms with Gasteiger partial charge in [-0.05, 0) is 24.6 Å². The fraction of sp³-hybridized carbons (Fsp3) is 0.263. The molecule has 0 bridgehead atoms.